The Labute approximate surface area is 139 Å². The summed E-state index contributed by atoms with van der Waals surface area (Å²) in [6.45, 7) is 2.74. The van der Waals surface area contributed by atoms with Crippen LogP contribution in [0.25, 0.3) is 22.4 Å². The predicted octanol–water partition coefficient (Wildman–Crippen LogP) is 3.24. The van der Waals surface area contributed by atoms with Crippen LogP contribution < -0.4 is 15.2 Å². The quantitative estimate of drug-likeness (QED) is 0.749. The highest BCUT2D eigenvalue weighted by Crippen LogP contribution is 2.38. The highest BCUT2D eigenvalue weighted by molar-refractivity contribution is 5.85. The molecule has 1 aliphatic heterocycles. The fourth-order valence-electron chi connectivity index (χ4n) is 2.90. The van der Waals surface area contributed by atoms with E-state index in [1.54, 1.807) is 0 Å². The third kappa shape index (κ3) is 2.22. The van der Waals surface area contributed by atoms with E-state index in [-0.39, 0.29) is 6.79 Å². The lowest BCUT2D eigenvalue weighted by molar-refractivity contribution is 0.174. The van der Waals surface area contributed by atoms with Crippen LogP contribution >= 0.6 is 0 Å². The lowest BCUT2D eigenvalue weighted by Gasteiger charge is -2.09. The summed E-state index contributed by atoms with van der Waals surface area (Å²) in [6.07, 6.45) is 0.397. The van der Waals surface area contributed by atoms with Crippen LogP contribution in [0.1, 0.15) is 12.0 Å². The predicted molar refractivity (Wildman–Crippen MR) is 90.7 cm³/mol. The zero-order valence-electron chi connectivity index (χ0n) is 13.2. The highest BCUT2D eigenvalue weighted by atomic mass is 16.7. The van der Waals surface area contributed by atoms with Gasteiger partial charge in [0.1, 0.15) is 5.82 Å². The van der Waals surface area contributed by atoms with E-state index < -0.39 is 0 Å². The molecule has 2 heterocycles. The number of ether oxygens (including phenoxy) is 2. The van der Waals surface area contributed by atoms with Gasteiger partial charge in [0.05, 0.1) is 23.5 Å². The molecule has 0 bridgehead atoms. The molecule has 1 aromatic heterocycles. The van der Waals surface area contributed by atoms with Gasteiger partial charge in [-0.25, -0.2) is 4.98 Å². The third-order valence-electron chi connectivity index (χ3n) is 4.23. The summed E-state index contributed by atoms with van der Waals surface area (Å²) in [7, 11) is 0. The van der Waals surface area contributed by atoms with Crippen molar-refractivity contribution in [3.05, 3.63) is 35.9 Å². The fraction of sp³-hybridized carbons (Fsp3) is 0.222. The molecule has 3 aromatic rings. The third-order valence-corrected chi connectivity index (χ3v) is 4.23. The average Bonchev–Trinajstić information content (AvgIpc) is 3.17. The molecular formula is C18H16N4O2. The topological polar surface area (TPSA) is 86.1 Å². The molecular weight excluding hydrogens is 304 g/mol. The summed E-state index contributed by atoms with van der Waals surface area (Å²) < 4.78 is 12.9. The molecule has 4 rings (SSSR count). The zero-order valence-corrected chi connectivity index (χ0v) is 13.2. The largest absolute Gasteiger partial charge is 0.454 e. The maximum Gasteiger partial charge on any atom is 0.231 e. The summed E-state index contributed by atoms with van der Waals surface area (Å²) in [6, 6.07) is 11.9. The summed E-state index contributed by atoms with van der Waals surface area (Å²) in [5.41, 5.74) is 10.5. The van der Waals surface area contributed by atoms with Gasteiger partial charge in [0.25, 0.3) is 0 Å². The van der Waals surface area contributed by atoms with Crippen molar-refractivity contribution >= 4 is 16.7 Å². The Hall–Kier alpha value is -3.20. The molecule has 1 aliphatic rings. The molecule has 0 atom stereocenters. The van der Waals surface area contributed by atoms with Crippen LogP contribution in [-0.4, -0.2) is 16.3 Å². The van der Waals surface area contributed by atoms with Crippen LogP contribution in [0.4, 0.5) is 5.69 Å². The minimum atomic E-state index is 0.224. The molecule has 2 N–H and O–H groups in total. The molecule has 0 saturated carbocycles. The van der Waals surface area contributed by atoms with Crippen molar-refractivity contribution < 1.29 is 9.47 Å². The number of nitrogen functional groups attached to an aromatic ring is 1. The van der Waals surface area contributed by atoms with Crippen LogP contribution in [0, 0.1) is 18.3 Å². The Bertz CT molecular complexity index is 985. The van der Waals surface area contributed by atoms with Gasteiger partial charge in [-0.1, -0.05) is 12.1 Å². The highest BCUT2D eigenvalue weighted by Gasteiger charge is 2.20. The lowest BCUT2D eigenvalue weighted by Crippen LogP contribution is -2.01. The first-order chi connectivity index (χ1) is 11.7. The number of aryl methyl sites for hydroxylation is 2. The fourth-order valence-corrected chi connectivity index (χ4v) is 2.90. The van der Waals surface area contributed by atoms with E-state index in [4.69, 9.17) is 25.5 Å². The molecule has 120 valence electrons. The van der Waals surface area contributed by atoms with Gasteiger partial charge in [-0.2, -0.15) is 5.26 Å². The first kappa shape index (κ1) is 14.4. The number of hydrogen-bond donors (Lipinski definition) is 1. The monoisotopic (exact) mass is 320 g/mol. The number of benzene rings is 2. The number of nitrogens with zero attached hydrogens (tertiary/aromatic N) is 3. The van der Waals surface area contributed by atoms with E-state index >= 15 is 0 Å². The number of imidazole rings is 1. The Morgan fingerprint density at radius 1 is 1.25 bits per heavy atom. The second-order valence-electron chi connectivity index (χ2n) is 5.76. The number of rotatable bonds is 3. The molecule has 0 saturated heterocycles. The Balaban J connectivity index is 1.93. The Morgan fingerprint density at radius 2 is 2.04 bits per heavy atom. The molecule has 0 aliphatic carbocycles. The van der Waals surface area contributed by atoms with Crippen LogP contribution in [-0.2, 0) is 6.54 Å². The molecule has 6 nitrogen and oxygen atoms in total. The zero-order chi connectivity index (χ0) is 16.7. The number of fused-ring (bicyclic) bond motifs is 2. The van der Waals surface area contributed by atoms with Gasteiger partial charge < -0.3 is 19.8 Å². The average molecular weight is 320 g/mol. The second-order valence-corrected chi connectivity index (χ2v) is 5.76. The SMILES string of the molecule is Cc1ccc(-c2nc3cc4c(cc3n2CCC#N)OCO4)cc1N. The second kappa shape index (κ2) is 5.46. The normalized spacial score (nSPS) is 12.5. The number of anilines is 1. The maximum absolute atomic E-state index is 8.99. The molecule has 24 heavy (non-hydrogen) atoms. The van der Waals surface area contributed by atoms with E-state index in [0.29, 0.717) is 24.5 Å². The summed E-state index contributed by atoms with van der Waals surface area (Å²) in [4.78, 5) is 4.75. The molecule has 0 fully saturated rings. The van der Waals surface area contributed by atoms with Gasteiger partial charge in [-0.3, -0.25) is 0 Å². The molecule has 2 aromatic carbocycles. The van der Waals surface area contributed by atoms with Crippen LogP contribution in [0.5, 0.6) is 11.5 Å². The minimum Gasteiger partial charge on any atom is -0.454 e. The van der Waals surface area contributed by atoms with Crippen LogP contribution in [0.3, 0.4) is 0 Å². The van der Waals surface area contributed by atoms with E-state index in [1.165, 1.54) is 0 Å². The number of aromatic nitrogens is 2. The van der Waals surface area contributed by atoms with Crippen molar-refractivity contribution in [2.75, 3.05) is 12.5 Å². The van der Waals surface area contributed by atoms with E-state index in [2.05, 4.69) is 6.07 Å². The van der Waals surface area contributed by atoms with Gasteiger partial charge in [0, 0.05) is 29.9 Å². The molecule has 6 heteroatoms. The van der Waals surface area contributed by atoms with E-state index in [1.807, 2.05) is 41.8 Å². The van der Waals surface area contributed by atoms with Crippen molar-refractivity contribution in [1.29, 1.82) is 5.26 Å². The van der Waals surface area contributed by atoms with Gasteiger partial charge in [-0.05, 0) is 18.6 Å². The van der Waals surface area contributed by atoms with Gasteiger partial charge in [-0.15, -0.1) is 0 Å². The summed E-state index contributed by atoms with van der Waals surface area (Å²) in [5, 5.41) is 8.99. The number of hydrogen-bond acceptors (Lipinski definition) is 5. The van der Waals surface area contributed by atoms with Crippen LogP contribution in [0.15, 0.2) is 30.3 Å². The molecule has 0 spiro atoms. The number of nitrogens with two attached hydrogens (primary N) is 1. The Kier molecular flexibility index (Phi) is 3.28. The number of nitriles is 1. The molecule has 0 amide bonds. The van der Waals surface area contributed by atoms with Crippen molar-refractivity contribution in [3.8, 4) is 29.0 Å². The first-order valence-corrected chi connectivity index (χ1v) is 7.70. The maximum atomic E-state index is 8.99. The smallest absolute Gasteiger partial charge is 0.231 e. The first-order valence-electron chi connectivity index (χ1n) is 7.70. The van der Waals surface area contributed by atoms with Crippen LogP contribution in [0.2, 0.25) is 0 Å². The van der Waals surface area contributed by atoms with Crippen molar-refractivity contribution in [2.45, 2.75) is 19.9 Å². The van der Waals surface area contributed by atoms with E-state index in [9.17, 15) is 0 Å². The summed E-state index contributed by atoms with van der Waals surface area (Å²) in [5.74, 6) is 2.19. The van der Waals surface area contributed by atoms with E-state index in [0.717, 1.165) is 33.7 Å². The van der Waals surface area contributed by atoms with Crippen molar-refractivity contribution in [2.24, 2.45) is 0 Å². The summed E-state index contributed by atoms with van der Waals surface area (Å²) >= 11 is 0. The van der Waals surface area contributed by atoms with Gasteiger partial charge in [0.15, 0.2) is 11.5 Å². The van der Waals surface area contributed by atoms with Crippen molar-refractivity contribution in [1.82, 2.24) is 9.55 Å². The van der Waals surface area contributed by atoms with Gasteiger partial charge in [0.2, 0.25) is 6.79 Å². The Morgan fingerprint density at radius 3 is 2.79 bits per heavy atom. The molecule has 0 radical (unpaired) electrons. The van der Waals surface area contributed by atoms with Gasteiger partial charge >= 0.3 is 0 Å². The lowest BCUT2D eigenvalue weighted by atomic mass is 10.1. The standard InChI is InChI=1S/C18H16N4O2/c1-11-3-4-12(7-13(11)20)18-21-14-8-16-17(24-10-23-16)9-15(14)22(18)6-2-5-19/h3-4,7-9H,2,6,10,20H2,1H3. The van der Waals surface area contributed by atoms with Crippen molar-refractivity contribution in [3.63, 3.8) is 0 Å². The molecule has 0 unspecified atom stereocenters. The minimum absolute atomic E-state index is 0.224.